The van der Waals surface area contributed by atoms with Gasteiger partial charge in [0.15, 0.2) is 6.10 Å². The first-order chi connectivity index (χ1) is 10.5. The molecule has 0 bridgehead atoms. The van der Waals surface area contributed by atoms with Crippen LogP contribution in [0.25, 0.3) is 11.3 Å². The topological polar surface area (TPSA) is 68.5 Å². The van der Waals surface area contributed by atoms with Crippen molar-refractivity contribution in [1.82, 2.24) is 5.32 Å². The number of carbonyl (C=O) groups is 2. The molecule has 0 fully saturated rings. The Bertz CT molecular complexity index is 663. The first-order valence-corrected chi connectivity index (χ1v) is 6.85. The minimum atomic E-state index is -0.910. The molecule has 1 heterocycles. The summed E-state index contributed by atoms with van der Waals surface area (Å²) < 4.78 is 23.3. The highest BCUT2D eigenvalue weighted by Gasteiger charge is 2.20. The number of rotatable bonds is 5. The number of furan rings is 1. The van der Waals surface area contributed by atoms with E-state index in [1.165, 1.54) is 25.1 Å². The van der Waals surface area contributed by atoms with Crippen molar-refractivity contribution >= 4 is 11.9 Å². The van der Waals surface area contributed by atoms with Gasteiger partial charge in [0.1, 0.15) is 11.6 Å². The molecule has 0 aliphatic carbocycles. The molecular formula is C16H16FNO4. The Hall–Kier alpha value is -2.63. The fourth-order valence-electron chi connectivity index (χ4n) is 1.81. The summed E-state index contributed by atoms with van der Waals surface area (Å²) in [4.78, 5) is 23.4. The molecule has 6 heteroatoms. The third-order valence-electron chi connectivity index (χ3n) is 2.94. The summed E-state index contributed by atoms with van der Waals surface area (Å²) in [6.07, 6.45) is -0.910. The van der Waals surface area contributed by atoms with Gasteiger partial charge in [0.25, 0.3) is 5.91 Å². The summed E-state index contributed by atoms with van der Waals surface area (Å²) in [6, 6.07) is 8.72. The molecule has 2 aromatic rings. The summed E-state index contributed by atoms with van der Waals surface area (Å²) in [5.74, 6) is -1.06. The van der Waals surface area contributed by atoms with Crippen LogP contribution in [0.3, 0.4) is 0 Å². The van der Waals surface area contributed by atoms with Crippen LogP contribution < -0.4 is 5.32 Å². The largest absolute Gasteiger partial charge is 0.449 e. The van der Waals surface area contributed by atoms with Gasteiger partial charge in [0, 0.05) is 12.1 Å². The van der Waals surface area contributed by atoms with Crippen molar-refractivity contribution in [3.8, 4) is 11.3 Å². The van der Waals surface area contributed by atoms with Crippen LogP contribution in [0.5, 0.6) is 0 Å². The van der Waals surface area contributed by atoms with Crippen molar-refractivity contribution in [3.63, 3.8) is 0 Å². The van der Waals surface area contributed by atoms with Gasteiger partial charge in [-0.1, -0.05) is 0 Å². The highest BCUT2D eigenvalue weighted by atomic mass is 19.1. The zero-order valence-electron chi connectivity index (χ0n) is 12.3. The predicted molar refractivity (Wildman–Crippen MR) is 77.7 cm³/mol. The molecule has 0 saturated heterocycles. The van der Waals surface area contributed by atoms with Crippen LogP contribution in [0.15, 0.2) is 40.8 Å². The first kappa shape index (κ1) is 15.8. The van der Waals surface area contributed by atoms with Gasteiger partial charge >= 0.3 is 5.97 Å². The highest BCUT2D eigenvalue weighted by molar-refractivity contribution is 5.90. The van der Waals surface area contributed by atoms with Crippen LogP contribution in [-0.2, 0) is 9.53 Å². The Labute approximate surface area is 127 Å². The van der Waals surface area contributed by atoms with Crippen LogP contribution in [0, 0.1) is 5.82 Å². The van der Waals surface area contributed by atoms with E-state index in [1.807, 2.05) is 0 Å². The second kappa shape index (κ2) is 6.89. The Morgan fingerprint density at radius 3 is 2.55 bits per heavy atom. The first-order valence-electron chi connectivity index (χ1n) is 6.85. The third-order valence-corrected chi connectivity index (χ3v) is 2.94. The molecule has 5 nitrogen and oxygen atoms in total. The fourth-order valence-corrected chi connectivity index (χ4v) is 1.81. The molecule has 2 rings (SSSR count). The van der Waals surface area contributed by atoms with Crippen LogP contribution >= 0.6 is 0 Å². The third kappa shape index (κ3) is 3.72. The monoisotopic (exact) mass is 305 g/mol. The molecule has 1 amide bonds. The summed E-state index contributed by atoms with van der Waals surface area (Å²) in [5.41, 5.74) is 0.636. The molecule has 1 N–H and O–H groups in total. The summed E-state index contributed by atoms with van der Waals surface area (Å²) >= 11 is 0. The standard InChI is InChI=1S/C16H16FNO4/c1-3-18-15(19)10(2)21-16(20)14-9-8-13(22-14)11-4-6-12(17)7-5-11/h4-10H,3H2,1-2H3,(H,18,19)/t10-/m1/s1. The lowest BCUT2D eigenvalue weighted by Gasteiger charge is -2.11. The number of ether oxygens (including phenoxy) is 1. The molecule has 0 aliphatic heterocycles. The Morgan fingerprint density at radius 1 is 1.23 bits per heavy atom. The Balaban J connectivity index is 2.06. The maximum absolute atomic E-state index is 12.9. The maximum Gasteiger partial charge on any atom is 0.375 e. The number of likely N-dealkylation sites (N-methyl/N-ethyl adjacent to an activating group) is 1. The second-order valence-corrected chi connectivity index (χ2v) is 4.61. The van der Waals surface area contributed by atoms with Crippen molar-refractivity contribution in [2.24, 2.45) is 0 Å². The highest BCUT2D eigenvalue weighted by Crippen LogP contribution is 2.23. The van der Waals surface area contributed by atoms with Crippen molar-refractivity contribution in [3.05, 3.63) is 48.0 Å². The minimum absolute atomic E-state index is 0.0181. The number of hydrogen-bond donors (Lipinski definition) is 1. The number of amides is 1. The van der Waals surface area contributed by atoms with E-state index in [-0.39, 0.29) is 17.5 Å². The smallest absolute Gasteiger partial charge is 0.375 e. The van der Waals surface area contributed by atoms with Gasteiger partial charge in [-0.05, 0) is 50.2 Å². The van der Waals surface area contributed by atoms with Crippen LogP contribution in [0.4, 0.5) is 4.39 Å². The van der Waals surface area contributed by atoms with E-state index in [0.29, 0.717) is 17.9 Å². The van der Waals surface area contributed by atoms with Gasteiger partial charge < -0.3 is 14.5 Å². The number of benzene rings is 1. The van der Waals surface area contributed by atoms with Gasteiger partial charge in [0.05, 0.1) is 0 Å². The summed E-state index contributed by atoms with van der Waals surface area (Å²) in [6.45, 7) is 3.71. The molecule has 0 aliphatic rings. The van der Waals surface area contributed by atoms with E-state index < -0.39 is 12.1 Å². The number of esters is 1. The molecular weight excluding hydrogens is 289 g/mol. The Kier molecular flexibility index (Phi) is 4.93. The van der Waals surface area contributed by atoms with E-state index in [0.717, 1.165) is 0 Å². The van der Waals surface area contributed by atoms with Gasteiger partial charge in [-0.2, -0.15) is 0 Å². The van der Waals surface area contributed by atoms with Crippen molar-refractivity contribution < 1.29 is 23.1 Å². The second-order valence-electron chi connectivity index (χ2n) is 4.61. The van der Waals surface area contributed by atoms with Crippen molar-refractivity contribution in [1.29, 1.82) is 0 Å². The molecule has 0 unspecified atom stereocenters. The SMILES string of the molecule is CCNC(=O)[C@@H](C)OC(=O)c1ccc(-c2ccc(F)cc2)o1. The van der Waals surface area contributed by atoms with E-state index in [2.05, 4.69) is 5.32 Å². The molecule has 1 atom stereocenters. The number of carbonyl (C=O) groups excluding carboxylic acids is 2. The quantitative estimate of drug-likeness (QED) is 0.862. The average molecular weight is 305 g/mol. The molecule has 116 valence electrons. The zero-order chi connectivity index (χ0) is 16.1. The minimum Gasteiger partial charge on any atom is -0.449 e. The Morgan fingerprint density at radius 2 is 1.91 bits per heavy atom. The fraction of sp³-hybridized carbons (Fsp3) is 0.250. The lowest BCUT2D eigenvalue weighted by Crippen LogP contribution is -2.35. The van der Waals surface area contributed by atoms with Crippen molar-refractivity contribution in [2.45, 2.75) is 20.0 Å². The van der Waals surface area contributed by atoms with Crippen LogP contribution in [0.1, 0.15) is 24.4 Å². The molecule has 0 saturated carbocycles. The number of halogens is 1. The van der Waals surface area contributed by atoms with E-state index in [9.17, 15) is 14.0 Å². The molecule has 1 aromatic heterocycles. The maximum atomic E-state index is 12.9. The lowest BCUT2D eigenvalue weighted by molar-refractivity contribution is -0.129. The van der Waals surface area contributed by atoms with Crippen LogP contribution in [0.2, 0.25) is 0 Å². The predicted octanol–water partition coefficient (Wildman–Crippen LogP) is 2.77. The molecule has 0 spiro atoms. The number of nitrogens with one attached hydrogen (secondary N) is 1. The van der Waals surface area contributed by atoms with Gasteiger partial charge in [0.2, 0.25) is 5.76 Å². The summed E-state index contributed by atoms with van der Waals surface area (Å²) in [5, 5.41) is 2.56. The summed E-state index contributed by atoms with van der Waals surface area (Å²) in [7, 11) is 0. The normalized spacial score (nSPS) is 11.8. The molecule has 22 heavy (non-hydrogen) atoms. The van der Waals surface area contributed by atoms with Gasteiger partial charge in [-0.3, -0.25) is 4.79 Å². The van der Waals surface area contributed by atoms with E-state index >= 15 is 0 Å². The number of hydrogen-bond acceptors (Lipinski definition) is 4. The molecule has 1 aromatic carbocycles. The average Bonchev–Trinajstić information content (AvgIpc) is 2.98. The van der Waals surface area contributed by atoms with Gasteiger partial charge in [-0.25, -0.2) is 9.18 Å². The molecule has 0 radical (unpaired) electrons. The van der Waals surface area contributed by atoms with Gasteiger partial charge in [-0.15, -0.1) is 0 Å². The van der Waals surface area contributed by atoms with E-state index in [4.69, 9.17) is 9.15 Å². The van der Waals surface area contributed by atoms with E-state index in [1.54, 1.807) is 25.1 Å². The van der Waals surface area contributed by atoms with Crippen LogP contribution in [-0.4, -0.2) is 24.5 Å². The lowest BCUT2D eigenvalue weighted by atomic mass is 10.2. The zero-order valence-corrected chi connectivity index (χ0v) is 12.3. The van der Waals surface area contributed by atoms with Crippen molar-refractivity contribution in [2.75, 3.05) is 6.54 Å².